The molecule has 0 aromatic heterocycles. The van der Waals surface area contributed by atoms with Gasteiger partial charge in [-0.15, -0.1) is 0 Å². The van der Waals surface area contributed by atoms with Gasteiger partial charge in [0.25, 0.3) is 0 Å². The highest BCUT2D eigenvalue weighted by atomic mass is 16.7. The third kappa shape index (κ3) is 14.1. The first-order chi connectivity index (χ1) is 13.5. The van der Waals surface area contributed by atoms with Crippen LogP contribution in [0.25, 0.3) is 0 Å². The SMILES string of the molecule is CC(C)OC(=O)C(C)OC(=O)OCCOCCOC(=O)OC(C)C(=O)OC(C)C. The Morgan fingerprint density at radius 3 is 1.21 bits per heavy atom. The lowest BCUT2D eigenvalue weighted by Crippen LogP contribution is -2.29. The van der Waals surface area contributed by atoms with E-state index in [9.17, 15) is 19.2 Å². The van der Waals surface area contributed by atoms with Crippen LogP contribution in [0, 0.1) is 0 Å². The Morgan fingerprint density at radius 1 is 0.552 bits per heavy atom. The molecule has 0 radical (unpaired) electrons. The van der Waals surface area contributed by atoms with Gasteiger partial charge in [0, 0.05) is 0 Å². The molecule has 0 rings (SSSR count). The molecule has 0 fully saturated rings. The lowest BCUT2D eigenvalue weighted by molar-refractivity contribution is -0.158. The molecular formula is C18H30O11. The minimum atomic E-state index is -1.09. The monoisotopic (exact) mass is 422 g/mol. The highest BCUT2D eigenvalue weighted by Crippen LogP contribution is 2.02. The molecule has 11 heteroatoms. The molecule has 29 heavy (non-hydrogen) atoms. The van der Waals surface area contributed by atoms with Crippen LogP contribution in [-0.4, -0.2) is 75.1 Å². The molecule has 0 heterocycles. The van der Waals surface area contributed by atoms with E-state index in [0.717, 1.165) is 0 Å². The van der Waals surface area contributed by atoms with Crippen molar-refractivity contribution in [3.05, 3.63) is 0 Å². The van der Waals surface area contributed by atoms with Gasteiger partial charge in [-0.1, -0.05) is 0 Å². The number of ether oxygens (including phenoxy) is 7. The highest BCUT2D eigenvalue weighted by Gasteiger charge is 2.22. The van der Waals surface area contributed by atoms with Crippen LogP contribution in [0.4, 0.5) is 9.59 Å². The minimum absolute atomic E-state index is 0.00937. The molecule has 0 aliphatic carbocycles. The Balaban J connectivity index is 3.77. The van der Waals surface area contributed by atoms with Gasteiger partial charge < -0.3 is 33.2 Å². The molecule has 168 valence electrons. The topological polar surface area (TPSA) is 133 Å². The van der Waals surface area contributed by atoms with Gasteiger partial charge in [-0.3, -0.25) is 0 Å². The average Bonchev–Trinajstić information content (AvgIpc) is 2.59. The Bertz CT molecular complexity index is 484. The second-order valence-electron chi connectivity index (χ2n) is 6.30. The molecule has 0 saturated carbocycles. The van der Waals surface area contributed by atoms with Crippen molar-refractivity contribution in [2.75, 3.05) is 26.4 Å². The van der Waals surface area contributed by atoms with Gasteiger partial charge in [-0.25, -0.2) is 19.2 Å². The molecule has 2 atom stereocenters. The normalized spacial score (nSPS) is 12.7. The summed E-state index contributed by atoms with van der Waals surface area (Å²) in [4.78, 5) is 45.8. The Labute approximate surface area is 169 Å². The molecule has 0 spiro atoms. The third-order valence-electron chi connectivity index (χ3n) is 2.81. The van der Waals surface area contributed by atoms with Gasteiger partial charge in [0.05, 0.1) is 25.4 Å². The van der Waals surface area contributed by atoms with E-state index in [1.807, 2.05) is 0 Å². The zero-order chi connectivity index (χ0) is 22.4. The first-order valence-electron chi connectivity index (χ1n) is 9.18. The van der Waals surface area contributed by atoms with Crippen molar-refractivity contribution < 1.29 is 52.3 Å². The Morgan fingerprint density at radius 2 is 0.897 bits per heavy atom. The maximum absolute atomic E-state index is 11.5. The Kier molecular flexibility index (Phi) is 13.2. The highest BCUT2D eigenvalue weighted by molar-refractivity contribution is 5.77. The van der Waals surface area contributed by atoms with Crippen LogP contribution in [0.1, 0.15) is 41.5 Å². The van der Waals surface area contributed by atoms with Crippen molar-refractivity contribution in [1.29, 1.82) is 0 Å². The van der Waals surface area contributed by atoms with Gasteiger partial charge >= 0.3 is 24.2 Å². The molecule has 0 aliphatic heterocycles. The number of carbonyl (C=O) groups excluding carboxylic acids is 4. The summed E-state index contributed by atoms with van der Waals surface area (Å²) in [6.07, 6.45) is -4.91. The van der Waals surface area contributed by atoms with Gasteiger partial charge in [0.1, 0.15) is 13.2 Å². The second kappa shape index (κ2) is 14.4. The van der Waals surface area contributed by atoms with Crippen LogP contribution in [0.5, 0.6) is 0 Å². The number of esters is 2. The van der Waals surface area contributed by atoms with Crippen LogP contribution in [0.15, 0.2) is 0 Å². The summed E-state index contributed by atoms with van der Waals surface area (Å²) in [5.41, 5.74) is 0. The maximum atomic E-state index is 11.5. The number of hydrogen-bond donors (Lipinski definition) is 0. The summed E-state index contributed by atoms with van der Waals surface area (Å²) in [6.45, 7) is 9.17. The molecule has 0 saturated heterocycles. The molecule has 2 unspecified atom stereocenters. The van der Waals surface area contributed by atoms with Crippen LogP contribution in [-0.2, 0) is 42.7 Å². The number of rotatable bonds is 12. The lowest BCUT2D eigenvalue weighted by atomic mass is 10.4. The van der Waals surface area contributed by atoms with Crippen molar-refractivity contribution >= 4 is 24.2 Å². The van der Waals surface area contributed by atoms with E-state index in [-0.39, 0.29) is 38.6 Å². The smallest absolute Gasteiger partial charge is 0.460 e. The van der Waals surface area contributed by atoms with Gasteiger partial charge in [0.2, 0.25) is 0 Å². The van der Waals surface area contributed by atoms with Gasteiger partial charge in [-0.2, -0.15) is 0 Å². The molecule has 11 nitrogen and oxygen atoms in total. The summed E-state index contributed by atoms with van der Waals surface area (Å²) in [5.74, 6) is -1.35. The molecule has 0 amide bonds. The van der Waals surface area contributed by atoms with E-state index in [0.29, 0.717) is 0 Å². The minimum Gasteiger partial charge on any atom is -0.460 e. The van der Waals surface area contributed by atoms with Crippen molar-refractivity contribution in [2.24, 2.45) is 0 Å². The molecule has 0 N–H and O–H groups in total. The van der Waals surface area contributed by atoms with E-state index in [2.05, 4.69) is 0 Å². The predicted octanol–water partition coefficient (Wildman–Crippen LogP) is 1.99. The zero-order valence-corrected chi connectivity index (χ0v) is 17.6. The maximum Gasteiger partial charge on any atom is 0.509 e. The summed E-state index contributed by atoms with van der Waals surface area (Å²) >= 11 is 0. The number of carbonyl (C=O) groups is 4. The van der Waals surface area contributed by atoms with Crippen molar-refractivity contribution in [2.45, 2.75) is 66.0 Å². The number of hydrogen-bond acceptors (Lipinski definition) is 11. The molecular weight excluding hydrogens is 392 g/mol. The third-order valence-corrected chi connectivity index (χ3v) is 2.81. The fraction of sp³-hybridized carbons (Fsp3) is 0.778. The van der Waals surface area contributed by atoms with Gasteiger partial charge in [0.15, 0.2) is 12.2 Å². The van der Waals surface area contributed by atoms with E-state index < -0.39 is 36.5 Å². The van der Waals surface area contributed by atoms with E-state index in [1.54, 1.807) is 27.7 Å². The van der Waals surface area contributed by atoms with E-state index in [1.165, 1.54) is 13.8 Å². The molecule has 0 bridgehead atoms. The molecule has 0 aromatic carbocycles. The predicted molar refractivity (Wildman–Crippen MR) is 97.1 cm³/mol. The molecule has 0 aromatic rings. The van der Waals surface area contributed by atoms with Crippen molar-refractivity contribution in [3.8, 4) is 0 Å². The first kappa shape index (κ1) is 26.4. The largest absolute Gasteiger partial charge is 0.509 e. The van der Waals surface area contributed by atoms with Crippen LogP contribution >= 0.6 is 0 Å². The summed E-state index contributed by atoms with van der Waals surface area (Å²) in [5, 5.41) is 0. The van der Waals surface area contributed by atoms with Crippen LogP contribution in [0.2, 0.25) is 0 Å². The zero-order valence-electron chi connectivity index (χ0n) is 17.6. The quantitative estimate of drug-likeness (QED) is 0.260. The summed E-state index contributed by atoms with van der Waals surface area (Å²) in [7, 11) is 0. The van der Waals surface area contributed by atoms with Crippen molar-refractivity contribution in [1.82, 2.24) is 0 Å². The summed E-state index contributed by atoms with van der Waals surface area (Å²) < 4.78 is 33.8. The fourth-order valence-corrected chi connectivity index (χ4v) is 1.58. The summed E-state index contributed by atoms with van der Waals surface area (Å²) in [6, 6.07) is 0. The van der Waals surface area contributed by atoms with E-state index >= 15 is 0 Å². The molecule has 0 aliphatic rings. The van der Waals surface area contributed by atoms with E-state index in [4.69, 9.17) is 33.2 Å². The standard InChI is InChI=1S/C18H30O11/c1-11(2)26-15(19)13(5)28-17(21)24-9-7-23-8-10-25-18(22)29-14(6)16(20)27-12(3)4/h11-14H,7-10H2,1-6H3. The Hall–Kier alpha value is -2.56. The van der Waals surface area contributed by atoms with Crippen molar-refractivity contribution in [3.63, 3.8) is 0 Å². The fourth-order valence-electron chi connectivity index (χ4n) is 1.58. The average molecular weight is 422 g/mol. The van der Waals surface area contributed by atoms with Gasteiger partial charge in [-0.05, 0) is 41.5 Å². The van der Waals surface area contributed by atoms with Crippen LogP contribution < -0.4 is 0 Å². The lowest BCUT2D eigenvalue weighted by Gasteiger charge is -2.15. The first-order valence-corrected chi connectivity index (χ1v) is 9.18. The second-order valence-corrected chi connectivity index (χ2v) is 6.30. The van der Waals surface area contributed by atoms with Crippen LogP contribution in [0.3, 0.4) is 0 Å².